The number of hydrogen-bond donors (Lipinski definition) is 2. The van der Waals surface area contributed by atoms with E-state index >= 15 is 0 Å². The lowest BCUT2D eigenvalue weighted by Crippen LogP contribution is -2.49. The smallest absolute Gasteiger partial charge is 0.407 e. The Morgan fingerprint density at radius 2 is 2.03 bits per heavy atom. The maximum Gasteiger partial charge on any atom is 0.407 e. The average Bonchev–Trinajstić information content (AvgIpc) is 3.57. The first-order valence-corrected chi connectivity index (χ1v) is 10.8. The van der Waals surface area contributed by atoms with Crippen molar-refractivity contribution in [3.8, 4) is 11.3 Å². The lowest BCUT2D eigenvalue weighted by atomic mass is 10.0. The number of H-pyrrole nitrogens is 1. The Hall–Kier alpha value is -3.61. The maximum absolute atomic E-state index is 13.2. The fourth-order valence-electron chi connectivity index (χ4n) is 4.23. The molecule has 1 fully saturated rings. The van der Waals surface area contributed by atoms with E-state index in [0.29, 0.717) is 12.1 Å². The molecular weight excluding hydrogens is 404 g/mol. The van der Waals surface area contributed by atoms with E-state index in [4.69, 9.17) is 0 Å². The van der Waals surface area contributed by atoms with Gasteiger partial charge in [0.25, 0.3) is 0 Å². The number of likely N-dealkylation sites (tertiary alicyclic amines) is 1. The van der Waals surface area contributed by atoms with Crippen molar-refractivity contribution >= 4 is 17.6 Å². The van der Waals surface area contributed by atoms with Gasteiger partial charge >= 0.3 is 6.09 Å². The predicted octanol–water partition coefficient (Wildman–Crippen LogP) is 4.38. The van der Waals surface area contributed by atoms with Crippen LogP contribution in [-0.2, 0) is 9.53 Å². The Labute approximate surface area is 187 Å². The third-order valence-electron chi connectivity index (χ3n) is 5.97. The first-order chi connectivity index (χ1) is 15.5. The molecule has 2 N–H and O–H groups in total. The van der Waals surface area contributed by atoms with Crippen molar-refractivity contribution in [2.75, 3.05) is 13.7 Å². The number of hydrogen-bond acceptors (Lipinski definition) is 4. The minimum absolute atomic E-state index is 0.175. The summed E-state index contributed by atoms with van der Waals surface area (Å²) in [4.78, 5) is 34.6. The zero-order chi connectivity index (χ0) is 22.7. The van der Waals surface area contributed by atoms with Gasteiger partial charge in [-0.15, -0.1) is 0 Å². The number of nitrogens with one attached hydrogen (secondary N) is 2. The molecule has 2 aromatic rings. The van der Waals surface area contributed by atoms with Gasteiger partial charge in [0.2, 0.25) is 5.91 Å². The van der Waals surface area contributed by atoms with Crippen LogP contribution in [0.25, 0.3) is 16.8 Å². The van der Waals surface area contributed by atoms with E-state index in [1.54, 1.807) is 11.8 Å². The van der Waals surface area contributed by atoms with E-state index in [-0.39, 0.29) is 11.9 Å². The largest absolute Gasteiger partial charge is 0.453 e. The SMILES string of the molecule is C=C(C)[C@H](NC(=O)OC)C(=O)N1CCC[C@H]1c1ncc(-c2ccc(C3=CC=CC3)cc2)[nH]1. The molecule has 0 unspecified atom stereocenters. The number of carbonyl (C=O) groups excluding carboxylic acids is 2. The third kappa shape index (κ3) is 4.37. The van der Waals surface area contributed by atoms with E-state index in [0.717, 1.165) is 36.3 Å². The minimum atomic E-state index is -0.829. The molecule has 1 aromatic heterocycles. The molecule has 2 amide bonds. The van der Waals surface area contributed by atoms with E-state index in [1.807, 2.05) is 6.20 Å². The quantitative estimate of drug-likeness (QED) is 0.663. The van der Waals surface area contributed by atoms with Crippen LogP contribution in [0.1, 0.15) is 43.6 Å². The molecule has 32 heavy (non-hydrogen) atoms. The molecule has 4 rings (SSSR count). The summed E-state index contributed by atoms with van der Waals surface area (Å²) in [5.74, 6) is 0.544. The number of alkyl carbamates (subject to hydrolysis) is 1. The number of nitrogens with zero attached hydrogens (tertiary/aromatic N) is 2. The number of ether oxygens (including phenoxy) is 1. The molecule has 166 valence electrons. The molecule has 1 aliphatic heterocycles. The zero-order valence-electron chi connectivity index (χ0n) is 18.4. The fraction of sp³-hybridized carbons (Fsp3) is 0.320. The maximum atomic E-state index is 13.2. The van der Waals surface area contributed by atoms with Gasteiger partial charge in [0.1, 0.15) is 11.9 Å². The van der Waals surface area contributed by atoms with Crippen molar-refractivity contribution in [1.82, 2.24) is 20.2 Å². The number of carbonyl (C=O) groups is 2. The summed E-state index contributed by atoms with van der Waals surface area (Å²) >= 11 is 0. The number of benzene rings is 1. The van der Waals surface area contributed by atoms with Gasteiger partial charge in [-0.3, -0.25) is 4.79 Å². The lowest BCUT2D eigenvalue weighted by Gasteiger charge is -2.28. The van der Waals surface area contributed by atoms with E-state index in [1.165, 1.54) is 18.2 Å². The highest BCUT2D eigenvalue weighted by molar-refractivity contribution is 5.89. The molecule has 0 radical (unpaired) electrons. The van der Waals surface area contributed by atoms with Crippen LogP contribution in [0.5, 0.6) is 0 Å². The van der Waals surface area contributed by atoms with Crippen LogP contribution < -0.4 is 5.32 Å². The van der Waals surface area contributed by atoms with E-state index < -0.39 is 12.1 Å². The Bertz CT molecular complexity index is 1080. The minimum Gasteiger partial charge on any atom is -0.453 e. The molecule has 1 saturated heterocycles. The van der Waals surface area contributed by atoms with Crippen molar-refractivity contribution in [3.05, 3.63) is 72.2 Å². The summed E-state index contributed by atoms with van der Waals surface area (Å²) in [6.07, 6.45) is 10.2. The van der Waals surface area contributed by atoms with Crippen molar-refractivity contribution in [2.24, 2.45) is 0 Å². The van der Waals surface area contributed by atoms with Crippen LogP contribution in [0.4, 0.5) is 4.79 Å². The Kier molecular flexibility index (Phi) is 6.25. The first-order valence-electron chi connectivity index (χ1n) is 10.8. The van der Waals surface area contributed by atoms with Crippen LogP contribution in [-0.4, -0.2) is 46.6 Å². The Morgan fingerprint density at radius 1 is 1.28 bits per heavy atom. The monoisotopic (exact) mass is 432 g/mol. The molecule has 7 nitrogen and oxygen atoms in total. The molecule has 0 bridgehead atoms. The van der Waals surface area contributed by atoms with Gasteiger partial charge in [-0.05, 0) is 48.5 Å². The van der Waals surface area contributed by atoms with Crippen LogP contribution >= 0.6 is 0 Å². The first kappa shape index (κ1) is 21.6. The second kappa shape index (κ2) is 9.26. The molecule has 0 saturated carbocycles. The van der Waals surface area contributed by atoms with Gasteiger partial charge < -0.3 is 19.9 Å². The van der Waals surface area contributed by atoms with Crippen molar-refractivity contribution in [3.63, 3.8) is 0 Å². The van der Waals surface area contributed by atoms with Crippen molar-refractivity contribution in [1.29, 1.82) is 0 Å². The van der Waals surface area contributed by atoms with Gasteiger partial charge in [0, 0.05) is 6.54 Å². The van der Waals surface area contributed by atoms with Crippen LogP contribution in [0, 0.1) is 0 Å². The van der Waals surface area contributed by atoms with Crippen molar-refractivity contribution in [2.45, 2.75) is 38.3 Å². The Balaban J connectivity index is 1.50. The molecule has 2 atom stereocenters. The van der Waals surface area contributed by atoms with Gasteiger partial charge in [-0.2, -0.15) is 0 Å². The summed E-state index contributed by atoms with van der Waals surface area (Å²) in [6, 6.07) is 7.41. The zero-order valence-corrected chi connectivity index (χ0v) is 18.4. The average molecular weight is 433 g/mol. The normalized spacial score (nSPS) is 18.4. The van der Waals surface area contributed by atoms with Gasteiger partial charge in [0.15, 0.2) is 0 Å². The number of imidazole rings is 1. The molecule has 1 aliphatic carbocycles. The number of aromatic nitrogens is 2. The second-order valence-corrected chi connectivity index (χ2v) is 8.19. The number of aromatic amines is 1. The summed E-state index contributed by atoms with van der Waals surface area (Å²) in [5, 5.41) is 2.58. The predicted molar refractivity (Wildman–Crippen MR) is 124 cm³/mol. The summed E-state index contributed by atoms with van der Waals surface area (Å²) in [5.41, 5.74) is 5.04. The number of allylic oxidation sites excluding steroid dienone is 4. The van der Waals surface area contributed by atoms with Crippen LogP contribution in [0.2, 0.25) is 0 Å². The van der Waals surface area contributed by atoms with Crippen LogP contribution in [0.15, 0.2) is 60.8 Å². The molecule has 1 aromatic carbocycles. The summed E-state index contributed by atoms with van der Waals surface area (Å²) < 4.78 is 4.66. The highest BCUT2D eigenvalue weighted by atomic mass is 16.5. The molecule has 2 heterocycles. The summed E-state index contributed by atoms with van der Waals surface area (Å²) in [6.45, 7) is 6.18. The van der Waals surface area contributed by atoms with E-state index in [9.17, 15) is 9.59 Å². The van der Waals surface area contributed by atoms with Gasteiger partial charge in [0.05, 0.1) is 25.0 Å². The van der Waals surface area contributed by atoms with Gasteiger partial charge in [-0.1, -0.05) is 49.1 Å². The third-order valence-corrected chi connectivity index (χ3v) is 5.97. The number of methoxy groups -OCH3 is 1. The Morgan fingerprint density at radius 3 is 2.69 bits per heavy atom. The molecule has 2 aliphatic rings. The number of amides is 2. The molecule has 0 spiro atoms. The van der Waals surface area contributed by atoms with Crippen LogP contribution in [0.3, 0.4) is 0 Å². The topological polar surface area (TPSA) is 87.3 Å². The standard InChI is InChI=1S/C25H28N4O3/c1-16(2)22(28-25(31)32-3)24(30)29-14-6-9-21(29)23-26-15-20(27-23)19-12-10-18(11-13-19)17-7-4-5-8-17/h4-5,7,10-13,15,21-22H,1,6,8-9,14H2,2-3H3,(H,26,27)(H,28,31)/t21-,22-/m0/s1. The fourth-order valence-corrected chi connectivity index (χ4v) is 4.23. The highest BCUT2D eigenvalue weighted by Crippen LogP contribution is 2.33. The molecular formula is C25H28N4O3. The summed E-state index contributed by atoms with van der Waals surface area (Å²) in [7, 11) is 1.27. The molecule has 7 heteroatoms. The van der Waals surface area contributed by atoms with E-state index in [2.05, 4.69) is 69.1 Å². The van der Waals surface area contributed by atoms with Crippen molar-refractivity contribution < 1.29 is 14.3 Å². The van der Waals surface area contributed by atoms with Gasteiger partial charge in [-0.25, -0.2) is 9.78 Å². The second-order valence-electron chi connectivity index (χ2n) is 8.19. The highest BCUT2D eigenvalue weighted by Gasteiger charge is 2.36. The number of rotatable bonds is 6. The lowest BCUT2D eigenvalue weighted by molar-refractivity contribution is -0.133.